The summed E-state index contributed by atoms with van der Waals surface area (Å²) in [6, 6.07) is 10.0. The van der Waals surface area contributed by atoms with Gasteiger partial charge in [0.25, 0.3) is 5.91 Å². The van der Waals surface area contributed by atoms with Gasteiger partial charge in [0.2, 0.25) is 0 Å². The van der Waals surface area contributed by atoms with E-state index in [2.05, 4.69) is 33.0 Å². The fourth-order valence-electron chi connectivity index (χ4n) is 1.90. The number of benzene rings is 2. The fraction of sp³-hybridized carbons (Fsp3) is 0.111. The number of carbonyl (C=O) groups excluding carboxylic acids is 1. The lowest BCUT2D eigenvalue weighted by Crippen LogP contribution is -2.17. The first-order chi connectivity index (χ1) is 12.0. The molecule has 0 heterocycles. The van der Waals surface area contributed by atoms with Gasteiger partial charge in [-0.1, -0.05) is 24.3 Å². The van der Waals surface area contributed by atoms with Gasteiger partial charge in [0.1, 0.15) is 6.61 Å². The maximum atomic E-state index is 12.0. The average molecular weight is 424 g/mol. The number of carbonyl (C=O) groups is 1. The molecule has 0 aromatic heterocycles. The van der Waals surface area contributed by atoms with Crippen molar-refractivity contribution in [2.75, 3.05) is 13.7 Å². The van der Waals surface area contributed by atoms with E-state index in [1.54, 1.807) is 49.6 Å². The van der Waals surface area contributed by atoms with E-state index in [9.17, 15) is 4.79 Å². The van der Waals surface area contributed by atoms with E-state index in [-0.39, 0.29) is 5.91 Å². The summed E-state index contributed by atoms with van der Waals surface area (Å²) in [5, 5.41) is 4.53. The second-order valence-electron chi connectivity index (χ2n) is 4.83. The van der Waals surface area contributed by atoms with Gasteiger partial charge in [-0.15, -0.1) is 0 Å². The van der Waals surface area contributed by atoms with Crippen LogP contribution in [0.5, 0.6) is 11.5 Å². The van der Waals surface area contributed by atoms with Crippen molar-refractivity contribution in [2.45, 2.75) is 0 Å². The third kappa shape index (κ3) is 5.34. The van der Waals surface area contributed by atoms with Crippen LogP contribution in [0.1, 0.15) is 15.9 Å². The minimum absolute atomic E-state index is 0.332. The lowest BCUT2D eigenvalue weighted by Gasteiger charge is -2.11. The van der Waals surface area contributed by atoms with E-state index in [0.717, 1.165) is 10.0 Å². The Morgan fingerprint density at radius 2 is 2.04 bits per heavy atom. The second-order valence-corrected chi connectivity index (χ2v) is 6.12. The molecule has 0 bridgehead atoms. The molecule has 2 rings (SSSR count). The van der Waals surface area contributed by atoms with Gasteiger partial charge in [-0.05, 0) is 52.3 Å². The van der Waals surface area contributed by atoms with Crippen LogP contribution in [0, 0.1) is 0 Å². The number of nitrogens with zero attached hydrogens (tertiary/aromatic N) is 1. The Balaban J connectivity index is 2.10. The van der Waals surface area contributed by atoms with Gasteiger partial charge < -0.3 is 9.47 Å². The average Bonchev–Trinajstić information content (AvgIpc) is 2.61. The molecule has 2 aromatic rings. The van der Waals surface area contributed by atoms with Gasteiger partial charge in [-0.2, -0.15) is 5.10 Å². The molecule has 0 unspecified atom stereocenters. The molecule has 1 N–H and O–H groups in total. The number of nitrogens with one attached hydrogen (secondary N) is 1. The number of hydrazone groups is 1. The third-order valence-electron chi connectivity index (χ3n) is 3.12. The number of hydrogen-bond donors (Lipinski definition) is 1. The lowest BCUT2D eigenvalue weighted by atomic mass is 10.2. The Labute approximate surface area is 159 Å². The van der Waals surface area contributed by atoms with Crippen LogP contribution in [-0.4, -0.2) is 25.8 Å². The molecular weight excluding hydrogens is 408 g/mol. The molecule has 2 aromatic carbocycles. The molecule has 7 heteroatoms. The van der Waals surface area contributed by atoms with Gasteiger partial charge in [-0.25, -0.2) is 5.43 Å². The summed E-state index contributed by atoms with van der Waals surface area (Å²) in [5.74, 6) is 0.800. The van der Waals surface area contributed by atoms with Crippen LogP contribution in [0.25, 0.3) is 0 Å². The number of halogens is 2. The standard InChI is InChI=1S/C18H16BrClN2O3/c1-3-8-25-17-10-15(19)13(9-16(17)24-2)11-21-22-18(23)12-4-6-14(20)7-5-12/h3-7,9-11H,1,8H2,2H3,(H,22,23)/b21-11-. The molecule has 0 saturated heterocycles. The van der Waals surface area contributed by atoms with Crippen molar-refractivity contribution in [3.8, 4) is 11.5 Å². The number of rotatable bonds is 7. The number of methoxy groups -OCH3 is 1. The van der Waals surface area contributed by atoms with Crippen molar-refractivity contribution in [2.24, 2.45) is 5.10 Å². The molecule has 1 amide bonds. The second kappa shape index (κ2) is 9.25. The summed E-state index contributed by atoms with van der Waals surface area (Å²) in [5.41, 5.74) is 3.65. The molecule has 0 aliphatic rings. The highest BCUT2D eigenvalue weighted by molar-refractivity contribution is 9.10. The Hall–Kier alpha value is -2.31. The topological polar surface area (TPSA) is 59.9 Å². The summed E-state index contributed by atoms with van der Waals surface area (Å²) >= 11 is 9.24. The predicted octanol–water partition coefficient (Wildman–Crippen LogP) is 4.44. The Kier molecular flexibility index (Phi) is 7.03. The number of ether oxygens (including phenoxy) is 2. The van der Waals surface area contributed by atoms with Gasteiger partial charge in [-0.3, -0.25) is 4.79 Å². The van der Waals surface area contributed by atoms with Crippen molar-refractivity contribution in [3.63, 3.8) is 0 Å². The largest absolute Gasteiger partial charge is 0.493 e. The molecule has 25 heavy (non-hydrogen) atoms. The first kappa shape index (κ1) is 19.0. The first-order valence-corrected chi connectivity index (χ1v) is 8.42. The van der Waals surface area contributed by atoms with E-state index < -0.39 is 0 Å². The van der Waals surface area contributed by atoms with Gasteiger partial charge in [0.15, 0.2) is 11.5 Å². The number of hydrogen-bond acceptors (Lipinski definition) is 4. The zero-order valence-electron chi connectivity index (χ0n) is 13.5. The highest BCUT2D eigenvalue weighted by Gasteiger charge is 2.09. The van der Waals surface area contributed by atoms with Crippen LogP contribution in [0.4, 0.5) is 0 Å². The molecule has 0 radical (unpaired) electrons. The molecule has 0 aliphatic carbocycles. The first-order valence-electron chi connectivity index (χ1n) is 7.25. The number of amides is 1. The Morgan fingerprint density at radius 1 is 1.32 bits per heavy atom. The molecule has 0 atom stereocenters. The van der Waals surface area contributed by atoms with Crippen LogP contribution in [0.2, 0.25) is 5.02 Å². The minimum atomic E-state index is -0.332. The summed E-state index contributed by atoms with van der Waals surface area (Å²) in [6.45, 7) is 3.98. The normalized spacial score (nSPS) is 10.5. The van der Waals surface area contributed by atoms with E-state index in [0.29, 0.717) is 28.7 Å². The van der Waals surface area contributed by atoms with Crippen molar-refractivity contribution < 1.29 is 14.3 Å². The summed E-state index contributed by atoms with van der Waals surface area (Å²) < 4.78 is 11.6. The fourth-order valence-corrected chi connectivity index (χ4v) is 2.45. The minimum Gasteiger partial charge on any atom is -0.493 e. The monoisotopic (exact) mass is 422 g/mol. The molecule has 0 spiro atoms. The SMILES string of the molecule is C=CCOc1cc(Br)c(/C=N\NC(=O)c2ccc(Cl)cc2)cc1OC. The summed E-state index contributed by atoms with van der Waals surface area (Å²) in [4.78, 5) is 12.0. The molecular formula is C18H16BrClN2O3. The Morgan fingerprint density at radius 3 is 2.68 bits per heavy atom. The van der Waals surface area contributed by atoms with E-state index in [1.165, 1.54) is 6.21 Å². The van der Waals surface area contributed by atoms with E-state index in [1.807, 2.05) is 0 Å². The maximum Gasteiger partial charge on any atom is 0.271 e. The van der Waals surface area contributed by atoms with Crippen molar-refractivity contribution in [1.82, 2.24) is 5.43 Å². The summed E-state index contributed by atoms with van der Waals surface area (Å²) in [6.07, 6.45) is 3.16. The molecule has 5 nitrogen and oxygen atoms in total. The van der Waals surface area contributed by atoms with Crippen molar-refractivity contribution >= 4 is 39.7 Å². The zero-order valence-corrected chi connectivity index (χ0v) is 15.8. The van der Waals surface area contributed by atoms with Gasteiger partial charge in [0, 0.05) is 20.6 Å². The van der Waals surface area contributed by atoms with Gasteiger partial charge in [0.05, 0.1) is 13.3 Å². The molecule has 0 saturated carbocycles. The Bertz CT molecular complexity index is 792. The van der Waals surface area contributed by atoms with Crippen LogP contribution in [0.15, 0.2) is 58.6 Å². The van der Waals surface area contributed by atoms with Crippen LogP contribution < -0.4 is 14.9 Å². The molecule has 130 valence electrons. The highest BCUT2D eigenvalue weighted by Crippen LogP contribution is 2.32. The van der Waals surface area contributed by atoms with Crippen LogP contribution >= 0.6 is 27.5 Å². The van der Waals surface area contributed by atoms with Crippen molar-refractivity contribution in [3.05, 3.63) is 69.7 Å². The lowest BCUT2D eigenvalue weighted by molar-refractivity contribution is 0.0955. The smallest absolute Gasteiger partial charge is 0.271 e. The van der Waals surface area contributed by atoms with Crippen LogP contribution in [0.3, 0.4) is 0 Å². The highest BCUT2D eigenvalue weighted by atomic mass is 79.9. The summed E-state index contributed by atoms with van der Waals surface area (Å²) in [7, 11) is 1.55. The van der Waals surface area contributed by atoms with E-state index in [4.69, 9.17) is 21.1 Å². The van der Waals surface area contributed by atoms with Crippen molar-refractivity contribution in [1.29, 1.82) is 0 Å². The maximum absolute atomic E-state index is 12.0. The zero-order chi connectivity index (χ0) is 18.2. The van der Waals surface area contributed by atoms with E-state index >= 15 is 0 Å². The molecule has 0 aliphatic heterocycles. The quantitative estimate of drug-likeness (QED) is 0.407. The molecule has 0 fully saturated rings. The van der Waals surface area contributed by atoms with Gasteiger partial charge >= 0.3 is 0 Å². The van der Waals surface area contributed by atoms with Crippen LogP contribution in [-0.2, 0) is 0 Å². The predicted molar refractivity (Wildman–Crippen MR) is 103 cm³/mol. The third-order valence-corrected chi connectivity index (χ3v) is 4.05.